The Balaban J connectivity index is 1.73. The normalized spacial score (nSPS) is 10.5. The highest BCUT2D eigenvalue weighted by atomic mass is 35.5. The lowest BCUT2D eigenvalue weighted by molar-refractivity contribution is -0.383. The summed E-state index contributed by atoms with van der Waals surface area (Å²) in [5.41, 5.74) is 0.653. The summed E-state index contributed by atoms with van der Waals surface area (Å²) >= 11 is 7.77. The second kappa shape index (κ2) is 8.59. The van der Waals surface area contributed by atoms with Crippen LogP contribution in [0.5, 0.6) is 0 Å². The van der Waals surface area contributed by atoms with E-state index in [4.69, 9.17) is 11.6 Å². The minimum atomic E-state index is -0.484. The van der Waals surface area contributed by atoms with Crippen LogP contribution in [0.4, 0.5) is 17.3 Å². The maximum Gasteiger partial charge on any atom is 0.353 e. The van der Waals surface area contributed by atoms with Crippen molar-refractivity contribution in [2.75, 3.05) is 17.2 Å². The van der Waals surface area contributed by atoms with Gasteiger partial charge in [-0.1, -0.05) is 35.9 Å². The number of nitrogens with zero attached hydrogens (tertiary/aromatic N) is 3. The highest BCUT2D eigenvalue weighted by molar-refractivity contribution is 7.09. The third kappa shape index (κ3) is 4.47. The Morgan fingerprint density at radius 2 is 1.88 bits per heavy atom. The molecule has 0 aliphatic carbocycles. The zero-order valence-electron chi connectivity index (χ0n) is 13.7. The number of nitro groups is 1. The van der Waals surface area contributed by atoms with Gasteiger partial charge in [-0.05, 0) is 29.5 Å². The molecule has 0 fully saturated rings. The Hall–Kier alpha value is -2.71. The van der Waals surface area contributed by atoms with Crippen LogP contribution in [0.3, 0.4) is 0 Å². The molecular weight excluding hydrogens is 374 g/mol. The number of hydrogen-bond acceptors (Lipinski definition) is 7. The summed E-state index contributed by atoms with van der Waals surface area (Å²) in [5.74, 6) is 0.353. The molecule has 0 amide bonds. The molecule has 0 saturated carbocycles. The van der Waals surface area contributed by atoms with E-state index in [9.17, 15) is 10.1 Å². The van der Waals surface area contributed by atoms with Crippen LogP contribution in [0.25, 0.3) is 0 Å². The number of aromatic nitrogens is 2. The third-order valence-corrected chi connectivity index (χ3v) is 4.96. The maximum atomic E-state index is 11.5. The topological polar surface area (TPSA) is 93.0 Å². The van der Waals surface area contributed by atoms with Crippen LogP contribution in [0.1, 0.15) is 10.4 Å². The molecular formula is C17H16ClN5O2S. The van der Waals surface area contributed by atoms with Crippen LogP contribution in [-0.4, -0.2) is 21.4 Å². The molecule has 3 aromatic rings. The summed E-state index contributed by atoms with van der Waals surface area (Å²) < 4.78 is 0. The van der Waals surface area contributed by atoms with Gasteiger partial charge in [0, 0.05) is 23.0 Å². The molecule has 0 bridgehead atoms. The van der Waals surface area contributed by atoms with Crippen LogP contribution in [0.15, 0.2) is 48.1 Å². The van der Waals surface area contributed by atoms with Gasteiger partial charge in [-0.25, -0.2) is 9.97 Å². The Bertz CT molecular complexity index is 889. The zero-order valence-corrected chi connectivity index (χ0v) is 15.3. The van der Waals surface area contributed by atoms with E-state index in [1.165, 1.54) is 11.2 Å². The molecule has 0 aliphatic rings. The summed E-state index contributed by atoms with van der Waals surface area (Å²) in [5, 5.41) is 20.1. The Morgan fingerprint density at radius 1 is 1.12 bits per heavy atom. The standard InChI is InChI=1S/C17H16ClN5O2S/c18-14-6-2-1-4-12(14)10-20-17-15(23(24)25)16(21-11-22-17)19-8-7-13-5-3-9-26-13/h1-6,9,11H,7-8,10H2,(H2,19,20,21,22). The summed E-state index contributed by atoms with van der Waals surface area (Å²) in [6.07, 6.45) is 2.07. The highest BCUT2D eigenvalue weighted by Crippen LogP contribution is 2.29. The van der Waals surface area contributed by atoms with Crippen LogP contribution < -0.4 is 10.6 Å². The lowest BCUT2D eigenvalue weighted by Crippen LogP contribution is -2.11. The molecule has 0 aliphatic heterocycles. The summed E-state index contributed by atoms with van der Waals surface area (Å²) in [7, 11) is 0. The Morgan fingerprint density at radius 3 is 2.58 bits per heavy atom. The van der Waals surface area contributed by atoms with Gasteiger partial charge >= 0.3 is 5.69 Å². The van der Waals surface area contributed by atoms with Gasteiger partial charge in [0.15, 0.2) is 0 Å². The quantitative estimate of drug-likeness (QED) is 0.439. The van der Waals surface area contributed by atoms with E-state index in [1.807, 2.05) is 35.7 Å². The number of hydrogen-bond donors (Lipinski definition) is 2. The molecule has 2 N–H and O–H groups in total. The van der Waals surface area contributed by atoms with Gasteiger partial charge in [-0.15, -0.1) is 11.3 Å². The molecule has 0 radical (unpaired) electrons. The lowest BCUT2D eigenvalue weighted by Gasteiger charge is -2.10. The van der Waals surface area contributed by atoms with Crippen molar-refractivity contribution in [1.29, 1.82) is 0 Å². The van der Waals surface area contributed by atoms with E-state index in [0.717, 1.165) is 12.0 Å². The predicted octanol–water partition coefficient (Wildman–Crippen LogP) is 4.37. The fraction of sp³-hybridized carbons (Fsp3) is 0.176. The number of nitrogens with one attached hydrogen (secondary N) is 2. The SMILES string of the molecule is O=[N+]([O-])c1c(NCCc2cccs2)ncnc1NCc1ccccc1Cl. The first-order valence-electron chi connectivity index (χ1n) is 7.88. The fourth-order valence-electron chi connectivity index (χ4n) is 2.39. The Kier molecular flexibility index (Phi) is 5.98. The largest absolute Gasteiger partial charge is 0.364 e. The fourth-order valence-corrected chi connectivity index (χ4v) is 3.30. The predicted molar refractivity (Wildman–Crippen MR) is 104 cm³/mol. The van der Waals surface area contributed by atoms with Gasteiger partial charge in [0.25, 0.3) is 0 Å². The Labute approximate surface area is 159 Å². The van der Waals surface area contributed by atoms with Crippen LogP contribution >= 0.6 is 22.9 Å². The monoisotopic (exact) mass is 389 g/mol. The second-order valence-electron chi connectivity index (χ2n) is 5.38. The van der Waals surface area contributed by atoms with Gasteiger partial charge in [-0.3, -0.25) is 10.1 Å². The molecule has 3 rings (SSSR count). The average Bonchev–Trinajstić information content (AvgIpc) is 3.14. The molecule has 26 heavy (non-hydrogen) atoms. The molecule has 134 valence electrons. The van der Waals surface area contributed by atoms with Crippen molar-refractivity contribution in [2.24, 2.45) is 0 Å². The van der Waals surface area contributed by atoms with Gasteiger partial charge in [0.05, 0.1) is 4.92 Å². The van der Waals surface area contributed by atoms with E-state index >= 15 is 0 Å². The van der Waals surface area contributed by atoms with Crippen molar-refractivity contribution < 1.29 is 4.92 Å². The van der Waals surface area contributed by atoms with E-state index in [0.29, 0.717) is 18.1 Å². The molecule has 2 aromatic heterocycles. The number of rotatable bonds is 8. The van der Waals surface area contributed by atoms with Crippen molar-refractivity contribution in [3.8, 4) is 0 Å². The van der Waals surface area contributed by atoms with Crippen molar-refractivity contribution in [3.63, 3.8) is 0 Å². The van der Waals surface area contributed by atoms with Crippen LogP contribution in [0.2, 0.25) is 5.02 Å². The van der Waals surface area contributed by atoms with Crippen molar-refractivity contribution >= 4 is 40.3 Å². The second-order valence-corrected chi connectivity index (χ2v) is 6.82. The van der Waals surface area contributed by atoms with Crippen molar-refractivity contribution in [1.82, 2.24) is 9.97 Å². The number of anilines is 2. The van der Waals surface area contributed by atoms with Gasteiger partial charge in [0.1, 0.15) is 6.33 Å². The summed E-state index contributed by atoms with van der Waals surface area (Å²) in [6.45, 7) is 0.870. The van der Waals surface area contributed by atoms with E-state index < -0.39 is 4.92 Å². The minimum Gasteiger partial charge on any atom is -0.364 e. The molecule has 0 unspecified atom stereocenters. The zero-order chi connectivity index (χ0) is 18.4. The molecule has 0 atom stereocenters. The van der Waals surface area contributed by atoms with Crippen LogP contribution in [-0.2, 0) is 13.0 Å². The smallest absolute Gasteiger partial charge is 0.353 e. The van der Waals surface area contributed by atoms with Gasteiger partial charge in [0.2, 0.25) is 11.6 Å². The molecule has 1 aromatic carbocycles. The highest BCUT2D eigenvalue weighted by Gasteiger charge is 2.22. The molecule has 0 saturated heterocycles. The van der Waals surface area contributed by atoms with E-state index in [2.05, 4.69) is 20.6 Å². The minimum absolute atomic E-state index is 0.156. The first-order chi connectivity index (χ1) is 12.6. The first kappa shape index (κ1) is 18.1. The number of thiophene rings is 1. The maximum absolute atomic E-state index is 11.5. The molecule has 0 spiro atoms. The first-order valence-corrected chi connectivity index (χ1v) is 9.14. The van der Waals surface area contributed by atoms with Gasteiger partial charge < -0.3 is 10.6 Å². The average molecular weight is 390 g/mol. The molecule has 2 heterocycles. The molecule has 7 nitrogen and oxygen atoms in total. The molecule has 9 heteroatoms. The number of benzene rings is 1. The van der Waals surface area contributed by atoms with Crippen molar-refractivity contribution in [3.05, 3.63) is 73.7 Å². The van der Waals surface area contributed by atoms with Gasteiger partial charge in [-0.2, -0.15) is 0 Å². The van der Waals surface area contributed by atoms with Crippen LogP contribution in [0, 0.1) is 10.1 Å². The lowest BCUT2D eigenvalue weighted by atomic mass is 10.2. The van der Waals surface area contributed by atoms with E-state index in [-0.39, 0.29) is 17.3 Å². The number of halogens is 1. The summed E-state index contributed by atoms with van der Waals surface area (Å²) in [6, 6.07) is 11.3. The van der Waals surface area contributed by atoms with Crippen molar-refractivity contribution in [2.45, 2.75) is 13.0 Å². The van der Waals surface area contributed by atoms with E-state index in [1.54, 1.807) is 17.4 Å². The summed E-state index contributed by atoms with van der Waals surface area (Å²) in [4.78, 5) is 20.3. The third-order valence-electron chi connectivity index (χ3n) is 3.65.